The number of aliphatic hydroxyl groups excluding tert-OH is 1. The standard InChI is InChI=1S/C18H21FN2O2/c19-12-3-4-13-15(10-12)20-7-5-17(13)21-8-1-2-16(21)14-11-23-9-6-18(14)22/h3-5,7,10,14,16,18,22H,1-2,6,8-9,11H2/t14-,16-,18-/m1/s1. The van der Waals surface area contributed by atoms with Crippen molar-refractivity contribution in [3.63, 3.8) is 0 Å². The van der Waals surface area contributed by atoms with Gasteiger partial charge in [0.15, 0.2) is 0 Å². The van der Waals surface area contributed by atoms with Crippen molar-refractivity contribution in [2.45, 2.75) is 31.4 Å². The van der Waals surface area contributed by atoms with Gasteiger partial charge in [-0.2, -0.15) is 0 Å². The van der Waals surface area contributed by atoms with Gasteiger partial charge < -0.3 is 14.7 Å². The molecule has 0 unspecified atom stereocenters. The fraction of sp³-hybridized carbons (Fsp3) is 0.500. The first-order valence-electron chi connectivity index (χ1n) is 8.31. The predicted octanol–water partition coefficient (Wildman–Crippen LogP) is 2.74. The maximum atomic E-state index is 13.5. The van der Waals surface area contributed by atoms with Crippen molar-refractivity contribution in [1.29, 1.82) is 0 Å². The van der Waals surface area contributed by atoms with Crippen LogP contribution in [0.15, 0.2) is 30.5 Å². The zero-order valence-corrected chi connectivity index (χ0v) is 13.0. The van der Waals surface area contributed by atoms with Crippen LogP contribution in [0, 0.1) is 11.7 Å². The van der Waals surface area contributed by atoms with Crippen molar-refractivity contribution in [2.24, 2.45) is 5.92 Å². The molecule has 2 fully saturated rings. The van der Waals surface area contributed by atoms with Gasteiger partial charge in [0, 0.05) is 48.4 Å². The second-order valence-corrected chi connectivity index (χ2v) is 6.49. The van der Waals surface area contributed by atoms with Crippen LogP contribution in [0.4, 0.5) is 10.1 Å². The summed E-state index contributed by atoms with van der Waals surface area (Å²) < 4.78 is 19.1. The summed E-state index contributed by atoms with van der Waals surface area (Å²) in [4.78, 5) is 6.64. The Morgan fingerprint density at radius 3 is 3.04 bits per heavy atom. The van der Waals surface area contributed by atoms with E-state index in [2.05, 4.69) is 9.88 Å². The highest BCUT2D eigenvalue weighted by atomic mass is 19.1. The Bertz CT molecular complexity index is 708. The monoisotopic (exact) mass is 316 g/mol. The number of fused-ring (bicyclic) bond motifs is 1. The highest BCUT2D eigenvalue weighted by molar-refractivity contribution is 5.91. The van der Waals surface area contributed by atoms with Crippen LogP contribution in [0.2, 0.25) is 0 Å². The second-order valence-electron chi connectivity index (χ2n) is 6.49. The molecule has 0 saturated carbocycles. The number of ether oxygens (including phenoxy) is 1. The molecule has 1 N–H and O–H groups in total. The van der Waals surface area contributed by atoms with Crippen LogP contribution >= 0.6 is 0 Å². The Morgan fingerprint density at radius 2 is 2.17 bits per heavy atom. The lowest BCUT2D eigenvalue weighted by Crippen LogP contribution is -2.46. The lowest BCUT2D eigenvalue weighted by atomic mass is 9.89. The van der Waals surface area contributed by atoms with Gasteiger partial charge in [-0.3, -0.25) is 4.98 Å². The quantitative estimate of drug-likeness (QED) is 0.925. The van der Waals surface area contributed by atoms with Crippen LogP contribution in [-0.2, 0) is 4.74 Å². The third kappa shape index (κ3) is 2.68. The van der Waals surface area contributed by atoms with Gasteiger partial charge in [-0.1, -0.05) is 0 Å². The molecule has 2 aromatic rings. The first kappa shape index (κ1) is 14.8. The topological polar surface area (TPSA) is 45.6 Å². The molecule has 3 heterocycles. The molecule has 1 aromatic heterocycles. The van der Waals surface area contributed by atoms with Gasteiger partial charge in [-0.15, -0.1) is 0 Å². The van der Waals surface area contributed by atoms with E-state index in [1.807, 2.05) is 6.07 Å². The van der Waals surface area contributed by atoms with Gasteiger partial charge in [0.05, 0.1) is 18.2 Å². The molecule has 0 aliphatic carbocycles. The van der Waals surface area contributed by atoms with E-state index in [1.54, 1.807) is 12.3 Å². The van der Waals surface area contributed by atoms with Crippen LogP contribution in [0.3, 0.4) is 0 Å². The van der Waals surface area contributed by atoms with E-state index in [0.717, 1.165) is 30.5 Å². The SMILES string of the molecule is O[C@@H]1CCOC[C@@H]1[C@H]1CCCN1c1ccnc2cc(F)ccc12. The maximum absolute atomic E-state index is 13.5. The summed E-state index contributed by atoms with van der Waals surface area (Å²) in [6.45, 7) is 2.20. The molecule has 4 rings (SSSR count). The first-order chi connectivity index (χ1) is 11.2. The molecule has 4 nitrogen and oxygen atoms in total. The minimum atomic E-state index is -0.306. The molecule has 23 heavy (non-hydrogen) atoms. The number of aliphatic hydroxyl groups is 1. The van der Waals surface area contributed by atoms with E-state index >= 15 is 0 Å². The van der Waals surface area contributed by atoms with Crippen molar-refractivity contribution in [1.82, 2.24) is 4.98 Å². The zero-order chi connectivity index (χ0) is 15.8. The van der Waals surface area contributed by atoms with E-state index in [9.17, 15) is 9.50 Å². The Morgan fingerprint density at radius 1 is 1.26 bits per heavy atom. The number of hydrogen-bond acceptors (Lipinski definition) is 4. The molecule has 5 heteroatoms. The second kappa shape index (κ2) is 6.06. The largest absolute Gasteiger partial charge is 0.393 e. The third-order valence-electron chi connectivity index (χ3n) is 5.15. The zero-order valence-electron chi connectivity index (χ0n) is 13.0. The van der Waals surface area contributed by atoms with Gasteiger partial charge in [0.1, 0.15) is 5.82 Å². The van der Waals surface area contributed by atoms with E-state index in [0.29, 0.717) is 25.2 Å². The molecule has 2 aliphatic rings. The molecule has 1 aromatic carbocycles. The molecule has 2 saturated heterocycles. The minimum Gasteiger partial charge on any atom is -0.393 e. The summed E-state index contributed by atoms with van der Waals surface area (Å²) in [5.41, 5.74) is 1.75. The molecule has 122 valence electrons. The van der Waals surface area contributed by atoms with Crippen molar-refractivity contribution < 1.29 is 14.2 Å². The molecular weight excluding hydrogens is 295 g/mol. The molecule has 0 amide bonds. The summed E-state index contributed by atoms with van der Waals surface area (Å²) in [6, 6.07) is 7.02. The van der Waals surface area contributed by atoms with Crippen LogP contribution in [0.25, 0.3) is 10.9 Å². The van der Waals surface area contributed by atoms with Crippen LogP contribution < -0.4 is 4.90 Å². The normalized spacial score (nSPS) is 28.4. The minimum absolute atomic E-state index is 0.134. The molecule has 0 bridgehead atoms. The number of rotatable bonds is 2. The summed E-state index contributed by atoms with van der Waals surface area (Å²) in [6.07, 6.45) is 4.28. The number of anilines is 1. The van der Waals surface area contributed by atoms with Crippen LogP contribution in [0.5, 0.6) is 0 Å². The van der Waals surface area contributed by atoms with Crippen molar-refractivity contribution in [3.05, 3.63) is 36.3 Å². The third-order valence-corrected chi connectivity index (χ3v) is 5.15. The van der Waals surface area contributed by atoms with Gasteiger partial charge >= 0.3 is 0 Å². The maximum Gasteiger partial charge on any atom is 0.125 e. The van der Waals surface area contributed by atoms with Gasteiger partial charge in [0.2, 0.25) is 0 Å². The van der Waals surface area contributed by atoms with Gasteiger partial charge in [0.25, 0.3) is 0 Å². The van der Waals surface area contributed by atoms with E-state index in [-0.39, 0.29) is 23.9 Å². The Labute approximate surface area is 134 Å². The fourth-order valence-corrected chi connectivity index (χ4v) is 4.01. The average molecular weight is 316 g/mol. The number of benzene rings is 1. The molecule has 0 spiro atoms. The predicted molar refractivity (Wildman–Crippen MR) is 87.0 cm³/mol. The fourth-order valence-electron chi connectivity index (χ4n) is 4.01. The number of nitrogens with zero attached hydrogens (tertiary/aromatic N) is 2. The van der Waals surface area contributed by atoms with Gasteiger partial charge in [-0.25, -0.2) is 4.39 Å². The Balaban J connectivity index is 1.71. The first-order valence-corrected chi connectivity index (χ1v) is 8.31. The van der Waals surface area contributed by atoms with Crippen LogP contribution in [-0.4, -0.2) is 42.0 Å². The molecule has 2 aliphatic heterocycles. The van der Waals surface area contributed by atoms with Crippen molar-refractivity contribution >= 4 is 16.6 Å². The van der Waals surface area contributed by atoms with E-state index < -0.39 is 0 Å². The van der Waals surface area contributed by atoms with E-state index in [1.165, 1.54) is 12.1 Å². The van der Waals surface area contributed by atoms with Crippen molar-refractivity contribution in [3.8, 4) is 0 Å². The lowest BCUT2D eigenvalue weighted by molar-refractivity contribution is -0.0437. The Hall–Kier alpha value is -1.72. The summed E-state index contributed by atoms with van der Waals surface area (Å²) >= 11 is 0. The lowest BCUT2D eigenvalue weighted by Gasteiger charge is -2.38. The number of hydrogen-bond donors (Lipinski definition) is 1. The molecule has 3 atom stereocenters. The average Bonchev–Trinajstić information content (AvgIpc) is 3.03. The number of aromatic nitrogens is 1. The Kier molecular flexibility index (Phi) is 3.91. The van der Waals surface area contributed by atoms with E-state index in [4.69, 9.17) is 4.74 Å². The summed E-state index contributed by atoms with van der Waals surface area (Å²) in [5, 5.41) is 11.3. The van der Waals surface area contributed by atoms with Crippen molar-refractivity contribution in [2.75, 3.05) is 24.7 Å². The highest BCUT2D eigenvalue weighted by Gasteiger charge is 2.38. The summed E-state index contributed by atoms with van der Waals surface area (Å²) in [7, 11) is 0. The van der Waals surface area contributed by atoms with Crippen LogP contribution in [0.1, 0.15) is 19.3 Å². The summed E-state index contributed by atoms with van der Waals surface area (Å²) in [5.74, 6) is -0.133. The number of pyridine rings is 1. The van der Waals surface area contributed by atoms with Gasteiger partial charge in [-0.05, 0) is 37.5 Å². The molecular formula is C18H21FN2O2. The molecule has 0 radical (unpaired) electrons. The smallest absolute Gasteiger partial charge is 0.125 e. The number of halogens is 1. The highest BCUT2D eigenvalue weighted by Crippen LogP contribution is 2.36.